The third-order valence-corrected chi connectivity index (χ3v) is 4.38. The van der Waals surface area contributed by atoms with E-state index in [0.29, 0.717) is 13.0 Å². The number of rotatable bonds is 3. The highest BCUT2D eigenvalue weighted by Gasteiger charge is 2.24. The quantitative estimate of drug-likeness (QED) is 0.769. The van der Waals surface area contributed by atoms with E-state index in [2.05, 4.69) is 22.0 Å². The Morgan fingerprint density at radius 1 is 1.15 bits per heavy atom. The van der Waals surface area contributed by atoms with Crippen LogP contribution in [-0.2, 0) is 0 Å². The molecule has 1 unspecified atom stereocenters. The molecule has 3 rings (SSSR count). The first-order valence-corrected chi connectivity index (χ1v) is 7.54. The van der Waals surface area contributed by atoms with Crippen LogP contribution in [0.5, 0.6) is 5.75 Å². The van der Waals surface area contributed by atoms with Crippen molar-refractivity contribution in [3.05, 3.63) is 64.1 Å². The summed E-state index contributed by atoms with van der Waals surface area (Å²) in [6.45, 7) is 0.685. The van der Waals surface area contributed by atoms with Crippen molar-refractivity contribution in [2.24, 2.45) is 0 Å². The van der Waals surface area contributed by atoms with Crippen molar-refractivity contribution < 1.29 is 9.53 Å². The molecule has 0 amide bonds. The smallest absolute Gasteiger partial charge is 0.164 e. The summed E-state index contributed by atoms with van der Waals surface area (Å²) >= 11 is 3.45. The summed E-state index contributed by atoms with van der Waals surface area (Å²) in [5.74, 6) is 1.35. The van der Waals surface area contributed by atoms with Gasteiger partial charge < -0.3 is 4.74 Å². The Morgan fingerprint density at radius 3 is 2.75 bits per heavy atom. The summed E-state index contributed by atoms with van der Waals surface area (Å²) in [6, 6.07) is 15.6. The minimum atomic E-state index is 0.180. The average molecular weight is 331 g/mol. The number of carbonyl (C=O) groups is 1. The van der Waals surface area contributed by atoms with Gasteiger partial charge >= 0.3 is 0 Å². The Balaban J connectivity index is 1.83. The highest BCUT2D eigenvalue weighted by atomic mass is 79.9. The molecule has 1 heterocycles. The molecular formula is C17H15BrO2. The van der Waals surface area contributed by atoms with Crippen LogP contribution in [0.3, 0.4) is 0 Å². The molecule has 1 atom stereocenters. The number of benzene rings is 2. The molecule has 2 aromatic carbocycles. The fourth-order valence-electron chi connectivity index (χ4n) is 2.65. The Kier molecular flexibility index (Phi) is 3.88. The van der Waals surface area contributed by atoms with Crippen LogP contribution in [0, 0.1) is 0 Å². The molecular weight excluding hydrogens is 316 g/mol. The maximum Gasteiger partial charge on any atom is 0.164 e. The molecule has 2 aromatic rings. The van der Waals surface area contributed by atoms with E-state index in [4.69, 9.17) is 4.74 Å². The SMILES string of the molecule is O=C(CC1CCOc2ccccc21)c1ccccc1Br. The van der Waals surface area contributed by atoms with Crippen molar-refractivity contribution in [2.45, 2.75) is 18.8 Å². The van der Waals surface area contributed by atoms with Crippen molar-refractivity contribution in [1.29, 1.82) is 0 Å². The van der Waals surface area contributed by atoms with E-state index in [1.807, 2.05) is 42.5 Å². The molecule has 0 saturated carbocycles. The monoisotopic (exact) mass is 330 g/mol. The standard InChI is InChI=1S/C17H15BrO2/c18-15-7-3-1-6-14(15)16(19)11-12-9-10-20-17-8-4-2-5-13(12)17/h1-8,12H,9-11H2. The molecule has 0 aromatic heterocycles. The Hall–Kier alpha value is -1.61. The molecule has 102 valence electrons. The van der Waals surface area contributed by atoms with Crippen molar-refractivity contribution in [1.82, 2.24) is 0 Å². The minimum absolute atomic E-state index is 0.180. The van der Waals surface area contributed by atoms with Gasteiger partial charge in [0.05, 0.1) is 6.61 Å². The first-order valence-electron chi connectivity index (χ1n) is 6.75. The normalized spacial score (nSPS) is 17.1. The Labute approximate surface area is 126 Å². The van der Waals surface area contributed by atoms with Crippen LogP contribution in [-0.4, -0.2) is 12.4 Å². The minimum Gasteiger partial charge on any atom is -0.493 e. The summed E-state index contributed by atoms with van der Waals surface area (Å²) in [5, 5.41) is 0. The predicted octanol–water partition coefficient (Wildman–Crippen LogP) is 4.59. The number of ketones is 1. The lowest BCUT2D eigenvalue weighted by atomic mass is 9.87. The van der Waals surface area contributed by atoms with Crippen LogP contribution in [0.2, 0.25) is 0 Å². The zero-order valence-corrected chi connectivity index (χ0v) is 12.6. The number of ether oxygens (including phenoxy) is 1. The van der Waals surface area contributed by atoms with Gasteiger partial charge in [0.25, 0.3) is 0 Å². The van der Waals surface area contributed by atoms with Gasteiger partial charge in [0.2, 0.25) is 0 Å². The molecule has 0 radical (unpaired) electrons. The molecule has 0 aliphatic carbocycles. The van der Waals surface area contributed by atoms with Gasteiger partial charge in [-0.25, -0.2) is 0 Å². The summed E-state index contributed by atoms with van der Waals surface area (Å²) in [4.78, 5) is 12.5. The Morgan fingerprint density at radius 2 is 1.90 bits per heavy atom. The van der Waals surface area contributed by atoms with Crippen LogP contribution in [0.15, 0.2) is 53.0 Å². The van der Waals surface area contributed by atoms with E-state index in [1.54, 1.807) is 0 Å². The third-order valence-electron chi connectivity index (χ3n) is 3.69. The summed E-state index contributed by atoms with van der Waals surface area (Å²) in [7, 11) is 0. The number of para-hydroxylation sites is 1. The van der Waals surface area contributed by atoms with Gasteiger partial charge in [0, 0.05) is 16.5 Å². The first kappa shape index (κ1) is 13.4. The van der Waals surface area contributed by atoms with Crippen molar-refractivity contribution in [2.75, 3.05) is 6.61 Å². The van der Waals surface area contributed by atoms with Gasteiger partial charge in [-0.15, -0.1) is 0 Å². The van der Waals surface area contributed by atoms with Gasteiger partial charge in [-0.3, -0.25) is 4.79 Å². The molecule has 0 saturated heterocycles. The van der Waals surface area contributed by atoms with E-state index in [1.165, 1.54) is 0 Å². The van der Waals surface area contributed by atoms with Gasteiger partial charge in [0.15, 0.2) is 5.78 Å². The number of hydrogen-bond acceptors (Lipinski definition) is 2. The number of fused-ring (bicyclic) bond motifs is 1. The van der Waals surface area contributed by atoms with E-state index in [-0.39, 0.29) is 11.7 Å². The highest BCUT2D eigenvalue weighted by molar-refractivity contribution is 9.10. The maximum atomic E-state index is 12.5. The first-order chi connectivity index (χ1) is 9.75. The number of hydrogen-bond donors (Lipinski definition) is 0. The topological polar surface area (TPSA) is 26.3 Å². The summed E-state index contributed by atoms with van der Waals surface area (Å²) in [6.07, 6.45) is 1.43. The van der Waals surface area contributed by atoms with Crippen molar-refractivity contribution in [3.63, 3.8) is 0 Å². The molecule has 2 nitrogen and oxygen atoms in total. The largest absolute Gasteiger partial charge is 0.493 e. The van der Waals surface area contributed by atoms with Gasteiger partial charge in [0.1, 0.15) is 5.75 Å². The van der Waals surface area contributed by atoms with Gasteiger partial charge in [-0.2, -0.15) is 0 Å². The molecule has 1 aliphatic heterocycles. The van der Waals surface area contributed by atoms with Crippen LogP contribution in [0.1, 0.15) is 34.7 Å². The summed E-state index contributed by atoms with van der Waals surface area (Å²) < 4.78 is 6.51. The van der Waals surface area contributed by atoms with Crippen molar-refractivity contribution in [3.8, 4) is 5.75 Å². The van der Waals surface area contributed by atoms with E-state index < -0.39 is 0 Å². The Bertz CT molecular complexity index is 636. The van der Waals surface area contributed by atoms with Gasteiger partial charge in [-0.1, -0.05) is 52.3 Å². The molecule has 0 spiro atoms. The lowest BCUT2D eigenvalue weighted by Gasteiger charge is -2.25. The van der Waals surface area contributed by atoms with E-state index in [9.17, 15) is 4.79 Å². The second kappa shape index (κ2) is 5.80. The number of Topliss-reactive ketones (excluding diaryl/α,β-unsaturated/α-hetero) is 1. The van der Waals surface area contributed by atoms with Gasteiger partial charge in [-0.05, 0) is 30.0 Å². The predicted molar refractivity (Wildman–Crippen MR) is 82.4 cm³/mol. The second-order valence-corrected chi connectivity index (χ2v) is 5.83. The number of carbonyl (C=O) groups excluding carboxylic acids is 1. The fraction of sp³-hybridized carbons (Fsp3) is 0.235. The zero-order valence-electron chi connectivity index (χ0n) is 11.0. The van der Waals surface area contributed by atoms with Crippen LogP contribution >= 0.6 is 15.9 Å². The maximum absolute atomic E-state index is 12.5. The molecule has 3 heteroatoms. The highest BCUT2D eigenvalue weighted by Crippen LogP contribution is 2.36. The summed E-state index contributed by atoms with van der Waals surface area (Å²) in [5.41, 5.74) is 1.91. The fourth-order valence-corrected chi connectivity index (χ4v) is 3.15. The number of halogens is 1. The molecule has 1 aliphatic rings. The lowest BCUT2D eigenvalue weighted by Crippen LogP contribution is -2.17. The average Bonchev–Trinajstić information content (AvgIpc) is 2.48. The van der Waals surface area contributed by atoms with Crippen LogP contribution in [0.25, 0.3) is 0 Å². The molecule has 20 heavy (non-hydrogen) atoms. The van der Waals surface area contributed by atoms with Crippen molar-refractivity contribution >= 4 is 21.7 Å². The second-order valence-electron chi connectivity index (χ2n) is 4.98. The molecule has 0 bridgehead atoms. The van der Waals surface area contributed by atoms with Crippen LogP contribution < -0.4 is 4.74 Å². The van der Waals surface area contributed by atoms with E-state index in [0.717, 1.165) is 27.8 Å². The lowest BCUT2D eigenvalue weighted by molar-refractivity contribution is 0.0965. The third kappa shape index (κ3) is 2.63. The molecule has 0 N–H and O–H groups in total. The van der Waals surface area contributed by atoms with Crippen LogP contribution in [0.4, 0.5) is 0 Å². The van der Waals surface area contributed by atoms with E-state index >= 15 is 0 Å². The molecule has 0 fully saturated rings. The zero-order chi connectivity index (χ0) is 13.9.